The fraction of sp³-hybridized carbons (Fsp3) is 0.522. The fourth-order valence-electron chi connectivity index (χ4n) is 4.15. The predicted molar refractivity (Wildman–Crippen MR) is 110 cm³/mol. The van der Waals surface area contributed by atoms with Gasteiger partial charge in [0.25, 0.3) is 0 Å². The number of carbonyl (C=O) groups is 1. The van der Waals surface area contributed by atoms with Crippen molar-refractivity contribution in [1.29, 1.82) is 0 Å². The Balaban J connectivity index is 1.78. The number of esters is 1. The van der Waals surface area contributed by atoms with E-state index in [4.69, 9.17) is 18.6 Å². The van der Waals surface area contributed by atoms with Gasteiger partial charge in [0.2, 0.25) is 0 Å². The lowest BCUT2D eigenvalue weighted by atomic mass is 9.75. The molecule has 0 spiro atoms. The molecule has 0 unspecified atom stereocenters. The van der Waals surface area contributed by atoms with Crippen molar-refractivity contribution in [1.82, 2.24) is 4.90 Å². The first-order valence-corrected chi connectivity index (χ1v) is 10.2. The van der Waals surface area contributed by atoms with Gasteiger partial charge in [-0.2, -0.15) is 0 Å². The SMILES string of the molecule is CCOC(=O)[C@@]1(Cc2cccc(OC)c2)CCCN(Cc2ccc(COC)o2)C1. The Hall–Kier alpha value is -2.31. The number of carbonyl (C=O) groups excluding carboxylic acids is 1. The largest absolute Gasteiger partial charge is 0.497 e. The van der Waals surface area contributed by atoms with Crippen LogP contribution in [0.1, 0.15) is 36.8 Å². The Kier molecular flexibility index (Phi) is 7.34. The molecule has 0 saturated carbocycles. The molecule has 0 aliphatic carbocycles. The van der Waals surface area contributed by atoms with Crippen LogP contribution in [0, 0.1) is 5.41 Å². The van der Waals surface area contributed by atoms with Gasteiger partial charge >= 0.3 is 5.97 Å². The molecule has 1 atom stereocenters. The lowest BCUT2D eigenvalue weighted by Crippen LogP contribution is -2.49. The minimum absolute atomic E-state index is 0.118. The highest BCUT2D eigenvalue weighted by atomic mass is 16.5. The third-order valence-corrected chi connectivity index (χ3v) is 5.42. The molecule has 1 aromatic carbocycles. The van der Waals surface area contributed by atoms with E-state index in [0.717, 1.165) is 42.2 Å². The summed E-state index contributed by atoms with van der Waals surface area (Å²) in [4.78, 5) is 15.3. The van der Waals surface area contributed by atoms with Crippen molar-refractivity contribution < 1.29 is 23.4 Å². The lowest BCUT2D eigenvalue weighted by molar-refractivity contribution is -0.159. The zero-order valence-electron chi connectivity index (χ0n) is 17.6. The highest BCUT2D eigenvalue weighted by Crippen LogP contribution is 2.36. The summed E-state index contributed by atoms with van der Waals surface area (Å²) >= 11 is 0. The highest BCUT2D eigenvalue weighted by molar-refractivity contribution is 5.78. The Morgan fingerprint density at radius 1 is 1.21 bits per heavy atom. The maximum atomic E-state index is 13.0. The molecule has 3 rings (SSSR count). The van der Waals surface area contributed by atoms with Crippen LogP contribution in [0.3, 0.4) is 0 Å². The maximum Gasteiger partial charge on any atom is 0.313 e. The van der Waals surface area contributed by atoms with Gasteiger partial charge in [0, 0.05) is 13.7 Å². The third kappa shape index (κ3) is 5.40. The van der Waals surface area contributed by atoms with Gasteiger partial charge in [0.1, 0.15) is 23.9 Å². The number of likely N-dealkylation sites (tertiary alicyclic amines) is 1. The van der Waals surface area contributed by atoms with Gasteiger partial charge in [-0.25, -0.2) is 0 Å². The number of nitrogens with zero attached hydrogens (tertiary/aromatic N) is 1. The predicted octanol–water partition coefficient (Wildman–Crippen LogP) is 3.82. The van der Waals surface area contributed by atoms with Crippen molar-refractivity contribution in [2.75, 3.05) is 33.9 Å². The van der Waals surface area contributed by atoms with Gasteiger partial charge in [0.05, 0.1) is 25.7 Å². The van der Waals surface area contributed by atoms with E-state index in [2.05, 4.69) is 4.90 Å². The van der Waals surface area contributed by atoms with E-state index in [1.54, 1.807) is 14.2 Å². The Morgan fingerprint density at radius 3 is 2.79 bits per heavy atom. The van der Waals surface area contributed by atoms with Gasteiger partial charge in [-0.05, 0) is 62.6 Å². The van der Waals surface area contributed by atoms with Crippen LogP contribution in [0.15, 0.2) is 40.8 Å². The van der Waals surface area contributed by atoms with E-state index in [1.807, 2.05) is 43.3 Å². The molecule has 1 saturated heterocycles. The van der Waals surface area contributed by atoms with Crippen LogP contribution in [0.4, 0.5) is 0 Å². The Bertz CT molecular complexity index is 802. The van der Waals surface area contributed by atoms with Crippen molar-refractivity contribution in [2.45, 2.75) is 39.3 Å². The van der Waals surface area contributed by atoms with Crippen LogP contribution in [-0.4, -0.2) is 44.8 Å². The highest BCUT2D eigenvalue weighted by Gasteiger charge is 2.43. The molecule has 6 heteroatoms. The Morgan fingerprint density at radius 2 is 2.03 bits per heavy atom. The van der Waals surface area contributed by atoms with Gasteiger partial charge in [0.15, 0.2) is 0 Å². The number of hydrogen-bond donors (Lipinski definition) is 0. The average Bonchev–Trinajstić information content (AvgIpc) is 3.15. The molecule has 1 aromatic heterocycles. The van der Waals surface area contributed by atoms with Crippen molar-refractivity contribution in [3.05, 3.63) is 53.5 Å². The number of piperidine rings is 1. The second-order valence-corrected chi connectivity index (χ2v) is 7.64. The van der Waals surface area contributed by atoms with Crippen LogP contribution in [0.5, 0.6) is 5.75 Å². The summed E-state index contributed by atoms with van der Waals surface area (Å²) in [5, 5.41) is 0. The van der Waals surface area contributed by atoms with Gasteiger partial charge < -0.3 is 18.6 Å². The molecule has 0 amide bonds. The maximum absolute atomic E-state index is 13.0. The standard InChI is InChI=1S/C23H31NO5/c1-4-28-22(25)23(14-18-7-5-8-19(13-18)27-3)11-6-12-24(17-23)15-20-9-10-21(29-20)16-26-2/h5,7-10,13H,4,6,11-12,14-17H2,1-3H3/t23-/m1/s1. The first-order chi connectivity index (χ1) is 14.1. The van der Waals surface area contributed by atoms with E-state index in [9.17, 15) is 4.79 Å². The minimum Gasteiger partial charge on any atom is -0.497 e. The summed E-state index contributed by atoms with van der Waals surface area (Å²) in [5.41, 5.74) is 0.516. The topological polar surface area (TPSA) is 61.1 Å². The molecule has 0 bridgehead atoms. The number of ether oxygens (including phenoxy) is 3. The van der Waals surface area contributed by atoms with Gasteiger partial charge in [-0.15, -0.1) is 0 Å². The summed E-state index contributed by atoms with van der Waals surface area (Å²) in [5.74, 6) is 2.38. The lowest BCUT2D eigenvalue weighted by Gasteiger charge is -2.41. The molecule has 1 fully saturated rings. The molecule has 0 radical (unpaired) electrons. The molecule has 2 heterocycles. The second-order valence-electron chi connectivity index (χ2n) is 7.64. The molecular weight excluding hydrogens is 370 g/mol. The van der Waals surface area contributed by atoms with E-state index in [1.165, 1.54) is 0 Å². The molecule has 1 aliphatic rings. The van der Waals surface area contributed by atoms with Crippen LogP contribution < -0.4 is 4.74 Å². The fourth-order valence-corrected chi connectivity index (χ4v) is 4.15. The van der Waals surface area contributed by atoms with Crippen LogP contribution in [-0.2, 0) is 33.8 Å². The van der Waals surface area contributed by atoms with Gasteiger partial charge in [-0.1, -0.05) is 12.1 Å². The summed E-state index contributed by atoms with van der Waals surface area (Å²) in [7, 11) is 3.31. The second kappa shape index (κ2) is 9.94. The zero-order valence-corrected chi connectivity index (χ0v) is 17.6. The number of hydrogen-bond acceptors (Lipinski definition) is 6. The molecule has 158 valence electrons. The van der Waals surface area contributed by atoms with Crippen molar-refractivity contribution in [3.8, 4) is 5.75 Å². The van der Waals surface area contributed by atoms with Crippen molar-refractivity contribution >= 4 is 5.97 Å². The molecule has 2 aromatic rings. The van der Waals surface area contributed by atoms with Gasteiger partial charge in [-0.3, -0.25) is 9.69 Å². The number of furan rings is 1. The smallest absolute Gasteiger partial charge is 0.313 e. The van der Waals surface area contributed by atoms with E-state index in [0.29, 0.717) is 32.7 Å². The monoisotopic (exact) mass is 401 g/mol. The third-order valence-electron chi connectivity index (χ3n) is 5.42. The summed E-state index contributed by atoms with van der Waals surface area (Å²) in [6.07, 6.45) is 2.38. The van der Waals surface area contributed by atoms with E-state index >= 15 is 0 Å². The Labute approximate surface area is 172 Å². The molecule has 29 heavy (non-hydrogen) atoms. The van der Waals surface area contributed by atoms with Crippen LogP contribution in [0.25, 0.3) is 0 Å². The summed E-state index contributed by atoms with van der Waals surface area (Å²) < 4.78 is 21.9. The number of rotatable bonds is 9. The average molecular weight is 402 g/mol. The number of benzene rings is 1. The molecular formula is C23H31NO5. The normalized spacial score (nSPS) is 19.8. The van der Waals surface area contributed by atoms with Crippen molar-refractivity contribution in [3.63, 3.8) is 0 Å². The molecule has 6 nitrogen and oxygen atoms in total. The van der Waals surface area contributed by atoms with Crippen LogP contribution in [0.2, 0.25) is 0 Å². The molecule has 1 aliphatic heterocycles. The van der Waals surface area contributed by atoms with Crippen molar-refractivity contribution in [2.24, 2.45) is 5.41 Å². The summed E-state index contributed by atoms with van der Waals surface area (Å²) in [6.45, 7) is 4.95. The van der Waals surface area contributed by atoms with Crippen LogP contribution >= 0.6 is 0 Å². The van der Waals surface area contributed by atoms with E-state index < -0.39 is 5.41 Å². The van der Waals surface area contributed by atoms with E-state index in [-0.39, 0.29) is 5.97 Å². The number of methoxy groups -OCH3 is 2. The quantitative estimate of drug-likeness (QED) is 0.595. The molecule has 0 N–H and O–H groups in total. The first-order valence-electron chi connectivity index (χ1n) is 10.2. The summed E-state index contributed by atoms with van der Waals surface area (Å²) in [6, 6.07) is 11.9. The zero-order chi connectivity index (χ0) is 20.7. The minimum atomic E-state index is -0.567. The first kappa shape index (κ1) is 21.4.